The molecular weight excluding hydrogens is 392 g/mol. The molecule has 4 aromatic carbocycles. The third-order valence-electron chi connectivity index (χ3n) is 7.09. The Labute approximate surface area is 187 Å². The lowest BCUT2D eigenvalue weighted by Crippen LogP contribution is -2.11. The standard InChI is InChI=1S/C30H22O2/c1-17(31)19-11-13-23-21-7-3-5-9-25(21)29(27(23)15-19)30-26-10-6-4-8-22(26)24-14-12-20(18(2)32)16-28(24)30/h3-16,29-30H,1-2H3. The van der Waals surface area contributed by atoms with Crippen molar-refractivity contribution in [2.45, 2.75) is 25.7 Å². The molecule has 2 atom stereocenters. The van der Waals surface area contributed by atoms with Crippen LogP contribution in [0.1, 0.15) is 68.7 Å². The molecule has 0 spiro atoms. The molecule has 6 rings (SSSR count). The monoisotopic (exact) mass is 414 g/mol. The van der Waals surface area contributed by atoms with Crippen LogP contribution in [0.25, 0.3) is 22.3 Å². The summed E-state index contributed by atoms with van der Waals surface area (Å²) < 4.78 is 0. The number of ketones is 2. The molecule has 2 unspecified atom stereocenters. The van der Waals surface area contributed by atoms with Crippen molar-refractivity contribution < 1.29 is 9.59 Å². The third kappa shape index (κ3) is 2.59. The predicted molar refractivity (Wildman–Crippen MR) is 127 cm³/mol. The van der Waals surface area contributed by atoms with Crippen LogP contribution in [0.3, 0.4) is 0 Å². The molecule has 0 N–H and O–H groups in total. The van der Waals surface area contributed by atoms with Gasteiger partial charge in [0, 0.05) is 23.0 Å². The average Bonchev–Trinajstić information content (AvgIpc) is 3.30. The van der Waals surface area contributed by atoms with E-state index in [0.717, 1.165) is 11.1 Å². The Balaban J connectivity index is 1.65. The first-order chi connectivity index (χ1) is 15.5. The summed E-state index contributed by atoms with van der Waals surface area (Å²) in [6.45, 7) is 3.25. The van der Waals surface area contributed by atoms with Crippen molar-refractivity contribution in [3.05, 3.63) is 118 Å². The van der Waals surface area contributed by atoms with Gasteiger partial charge in [-0.15, -0.1) is 0 Å². The van der Waals surface area contributed by atoms with Gasteiger partial charge in [0.05, 0.1) is 0 Å². The van der Waals surface area contributed by atoms with Gasteiger partial charge < -0.3 is 0 Å². The van der Waals surface area contributed by atoms with Gasteiger partial charge in [-0.25, -0.2) is 0 Å². The Hall–Kier alpha value is -3.78. The van der Waals surface area contributed by atoms with E-state index in [2.05, 4.69) is 72.8 Å². The second kappa shape index (κ2) is 6.86. The first-order valence-electron chi connectivity index (χ1n) is 11.0. The summed E-state index contributed by atoms with van der Waals surface area (Å²) in [5.41, 5.74) is 11.3. The lowest BCUT2D eigenvalue weighted by Gasteiger charge is -2.24. The first-order valence-corrected chi connectivity index (χ1v) is 11.0. The average molecular weight is 415 g/mol. The Morgan fingerprint density at radius 1 is 0.500 bits per heavy atom. The van der Waals surface area contributed by atoms with Crippen molar-refractivity contribution in [1.29, 1.82) is 0 Å². The number of carbonyl (C=O) groups excluding carboxylic acids is 2. The van der Waals surface area contributed by atoms with Crippen LogP contribution in [0, 0.1) is 0 Å². The van der Waals surface area contributed by atoms with Crippen LogP contribution in [0.5, 0.6) is 0 Å². The molecule has 0 aliphatic heterocycles. The van der Waals surface area contributed by atoms with Crippen LogP contribution >= 0.6 is 0 Å². The van der Waals surface area contributed by atoms with Crippen LogP contribution in [0.2, 0.25) is 0 Å². The number of fused-ring (bicyclic) bond motifs is 6. The van der Waals surface area contributed by atoms with Crippen molar-refractivity contribution in [1.82, 2.24) is 0 Å². The fourth-order valence-electron chi connectivity index (χ4n) is 5.65. The zero-order valence-corrected chi connectivity index (χ0v) is 18.1. The molecule has 2 aliphatic carbocycles. The van der Waals surface area contributed by atoms with E-state index in [0.29, 0.717) is 0 Å². The Morgan fingerprint density at radius 3 is 1.28 bits per heavy atom. The molecule has 2 nitrogen and oxygen atoms in total. The minimum Gasteiger partial charge on any atom is -0.295 e. The summed E-state index contributed by atoms with van der Waals surface area (Å²) >= 11 is 0. The summed E-state index contributed by atoms with van der Waals surface area (Å²) in [6.07, 6.45) is 0. The zero-order valence-electron chi connectivity index (χ0n) is 18.1. The second-order valence-corrected chi connectivity index (χ2v) is 8.85. The molecule has 0 bridgehead atoms. The second-order valence-electron chi connectivity index (χ2n) is 8.85. The molecule has 2 heteroatoms. The first kappa shape index (κ1) is 18.9. The van der Waals surface area contributed by atoms with Crippen molar-refractivity contribution >= 4 is 11.6 Å². The van der Waals surface area contributed by atoms with Gasteiger partial charge in [-0.2, -0.15) is 0 Å². The van der Waals surface area contributed by atoms with Gasteiger partial charge in [-0.3, -0.25) is 9.59 Å². The molecule has 154 valence electrons. The fraction of sp³-hybridized carbons (Fsp3) is 0.133. The van der Waals surface area contributed by atoms with Gasteiger partial charge in [0.25, 0.3) is 0 Å². The topological polar surface area (TPSA) is 34.1 Å². The number of benzene rings is 4. The quantitative estimate of drug-likeness (QED) is 0.338. The molecule has 32 heavy (non-hydrogen) atoms. The highest BCUT2D eigenvalue weighted by Gasteiger charge is 2.41. The summed E-state index contributed by atoms with van der Waals surface area (Å²) in [6, 6.07) is 29.3. The highest BCUT2D eigenvalue weighted by molar-refractivity contribution is 5.97. The molecule has 0 radical (unpaired) electrons. The molecule has 4 aromatic rings. The van der Waals surface area contributed by atoms with Crippen LogP contribution < -0.4 is 0 Å². The molecule has 0 heterocycles. The maximum absolute atomic E-state index is 12.2. The maximum atomic E-state index is 12.2. The van der Waals surface area contributed by atoms with E-state index in [-0.39, 0.29) is 23.4 Å². The van der Waals surface area contributed by atoms with Gasteiger partial charge in [-0.1, -0.05) is 72.8 Å². The highest BCUT2D eigenvalue weighted by Crippen LogP contribution is 2.58. The largest absolute Gasteiger partial charge is 0.295 e. The Morgan fingerprint density at radius 2 is 0.875 bits per heavy atom. The summed E-state index contributed by atoms with van der Waals surface area (Å²) in [7, 11) is 0. The van der Waals surface area contributed by atoms with E-state index in [1.807, 2.05) is 12.1 Å². The van der Waals surface area contributed by atoms with E-state index in [1.165, 1.54) is 44.5 Å². The molecule has 0 saturated carbocycles. The van der Waals surface area contributed by atoms with Gasteiger partial charge >= 0.3 is 0 Å². The minimum atomic E-state index is 0.0774. The van der Waals surface area contributed by atoms with Crippen LogP contribution in [-0.2, 0) is 0 Å². The van der Waals surface area contributed by atoms with Crippen LogP contribution in [0.15, 0.2) is 84.9 Å². The number of hydrogen-bond acceptors (Lipinski definition) is 2. The van der Waals surface area contributed by atoms with Gasteiger partial charge in [0.2, 0.25) is 0 Å². The summed E-state index contributed by atoms with van der Waals surface area (Å²) in [4.78, 5) is 24.4. The van der Waals surface area contributed by atoms with Crippen LogP contribution in [-0.4, -0.2) is 11.6 Å². The molecular formula is C30H22O2. The van der Waals surface area contributed by atoms with Crippen molar-refractivity contribution in [3.8, 4) is 22.3 Å². The van der Waals surface area contributed by atoms with E-state index >= 15 is 0 Å². The van der Waals surface area contributed by atoms with Crippen molar-refractivity contribution in [3.63, 3.8) is 0 Å². The fourth-order valence-corrected chi connectivity index (χ4v) is 5.65. The number of Topliss-reactive ketones (excluding diaryl/α,β-unsaturated/α-hetero) is 2. The van der Waals surface area contributed by atoms with Gasteiger partial charge in [0.1, 0.15) is 0 Å². The van der Waals surface area contributed by atoms with E-state index in [9.17, 15) is 9.59 Å². The lowest BCUT2D eigenvalue weighted by molar-refractivity contribution is 0.100. The van der Waals surface area contributed by atoms with Crippen LogP contribution in [0.4, 0.5) is 0 Å². The normalized spacial score (nSPS) is 17.3. The molecule has 0 amide bonds. The van der Waals surface area contributed by atoms with E-state index < -0.39 is 0 Å². The SMILES string of the molecule is CC(=O)c1ccc2c(c1)C(C1c3ccccc3-c3ccc(C(C)=O)cc31)c1ccccc1-2. The highest BCUT2D eigenvalue weighted by atomic mass is 16.1. The van der Waals surface area contributed by atoms with Crippen molar-refractivity contribution in [2.75, 3.05) is 0 Å². The number of rotatable bonds is 3. The molecule has 2 aliphatic rings. The summed E-state index contributed by atoms with van der Waals surface area (Å²) in [5, 5.41) is 0. The smallest absolute Gasteiger partial charge is 0.159 e. The Bertz CT molecular complexity index is 1330. The number of hydrogen-bond donors (Lipinski definition) is 0. The maximum Gasteiger partial charge on any atom is 0.159 e. The molecule has 0 fully saturated rings. The molecule has 0 aromatic heterocycles. The predicted octanol–water partition coefficient (Wildman–Crippen LogP) is 7.02. The summed E-state index contributed by atoms with van der Waals surface area (Å²) in [5.74, 6) is 0.331. The van der Waals surface area contributed by atoms with Gasteiger partial charge in [-0.05, 0) is 70.5 Å². The van der Waals surface area contributed by atoms with E-state index in [1.54, 1.807) is 13.8 Å². The van der Waals surface area contributed by atoms with E-state index in [4.69, 9.17) is 0 Å². The minimum absolute atomic E-state index is 0.0774. The number of carbonyl (C=O) groups is 2. The van der Waals surface area contributed by atoms with Gasteiger partial charge in [0.15, 0.2) is 11.6 Å². The third-order valence-corrected chi connectivity index (χ3v) is 7.09. The Kier molecular flexibility index (Phi) is 4.06. The molecule has 0 saturated heterocycles. The lowest BCUT2D eigenvalue weighted by atomic mass is 9.78. The van der Waals surface area contributed by atoms with Crippen molar-refractivity contribution in [2.24, 2.45) is 0 Å². The zero-order chi connectivity index (χ0) is 22.0.